The van der Waals surface area contributed by atoms with E-state index in [0.717, 1.165) is 42.3 Å². The quantitative estimate of drug-likeness (QED) is 0.284. The van der Waals surface area contributed by atoms with Crippen molar-refractivity contribution >= 4 is 31.9 Å². The number of benzene rings is 4. The van der Waals surface area contributed by atoms with E-state index in [9.17, 15) is 5.11 Å². The molecule has 0 amide bonds. The van der Waals surface area contributed by atoms with Crippen LogP contribution in [-0.4, -0.2) is 5.11 Å². The van der Waals surface area contributed by atoms with Crippen molar-refractivity contribution < 1.29 is 5.11 Å². The molecular formula is C26H20Br2O. The molecule has 1 nitrogen and oxygen atoms in total. The van der Waals surface area contributed by atoms with Gasteiger partial charge in [0.1, 0.15) is 5.60 Å². The lowest BCUT2D eigenvalue weighted by atomic mass is 9.77. The molecule has 3 heteroatoms. The van der Waals surface area contributed by atoms with E-state index in [-0.39, 0.29) is 0 Å². The van der Waals surface area contributed by atoms with E-state index in [1.54, 1.807) is 0 Å². The van der Waals surface area contributed by atoms with Crippen LogP contribution in [0.4, 0.5) is 0 Å². The summed E-state index contributed by atoms with van der Waals surface area (Å²) in [6, 6.07) is 32.2. The topological polar surface area (TPSA) is 20.2 Å². The fourth-order valence-electron chi connectivity index (χ4n) is 3.72. The molecule has 4 aromatic carbocycles. The van der Waals surface area contributed by atoms with Gasteiger partial charge in [-0.1, -0.05) is 110 Å². The normalized spacial score (nSPS) is 13.1. The van der Waals surface area contributed by atoms with Gasteiger partial charge in [-0.3, -0.25) is 0 Å². The Balaban J connectivity index is 2.04. The standard InChI is InChI=1S/C26H20Br2O/c1-18-6-5-9-21(16-18)26(29,20-7-3-2-4-8-20)25-17-23(28)14-15-24(25)19-10-12-22(27)13-11-19/h2-17,29H,1H3. The first-order valence-corrected chi connectivity index (χ1v) is 11.0. The number of rotatable bonds is 4. The highest BCUT2D eigenvalue weighted by atomic mass is 79.9. The smallest absolute Gasteiger partial charge is 0.141 e. The van der Waals surface area contributed by atoms with E-state index in [2.05, 4.69) is 56.1 Å². The molecule has 0 aliphatic rings. The summed E-state index contributed by atoms with van der Waals surface area (Å²) in [5.41, 5.74) is 4.39. The van der Waals surface area contributed by atoms with E-state index < -0.39 is 5.60 Å². The lowest BCUT2D eigenvalue weighted by Gasteiger charge is -2.32. The van der Waals surface area contributed by atoms with Gasteiger partial charge in [0.15, 0.2) is 0 Å². The predicted octanol–water partition coefficient (Wildman–Crippen LogP) is 7.47. The second kappa shape index (κ2) is 8.27. The third kappa shape index (κ3) is 3.95. The highest BCUT2D eigenvalue weighted by Gasteiger charge is 2.36. The number of aryl methyl sites for hydroxylation is 1. The number of hydrogen-bond donors (Lipinski definition) is 1. The lowest BCUT2D eigenvalue weighted by molar-refractivity contribution is 0.126. The molecule has 0 fully saturated rings. The zero-order chi connectivity index (χ0) is 20.4. The van der Waals surface area contributed by atoms with E-state index in [1.165, 1.54) is 0 Å². The van der Waals surface area contributed by atoms with E-state index in [4.69, 9.17) is 0 Å². The predicted molar refractivity (Wildman–Crippen MR) is 127 cm³/mol. The molecule has 0 saturated carbocycles. The highest BCUT2D eigenvalue weighted by molar-refractivity contribution is 9.10. The Hall–Kier alpha value is -2.20. The van der Waals surface area contributed by atoms with Crippen LogP contribution >= 0.6 is 31.9 Å². The monoisotopic (exact) mass is 506 g/mol. The average Bonchev–Trinajstić information content (AvgIpc) is 2.74. The first-order valence-electron chi connectivity index (χ1n) is 9.39. The Labute approximate surface area is 188 Å². The third-order valence-corrected chi connectivity index (χ3v) is 6.18. The molecule has 1 N–H and O–H groups in total. The van der Waals surface area contributed by atoms with Gasteiger partial charge >= 0.3 is 0 Å². The van der Waals surface area contributed by atoms with Gasteiger partial charge in [-0.25, -0.2) is 0 Å². The summed E-state index contributed by atoms with van der Waals surface area (Å²) in [5, 5.41) is 12.3. The fourth-order valence-corrected chi connectivity index (χ4v) is 4.35. The van der Waals surface area contributed by atoms with Crippen molar-refractivity contribution in [2.24, 2.45) is 0 Å². The summed E-state index contributed by atoms with van der Waals surface area (Å²) in [6.07, 6.45) is 0. The van der Waals surface area contributed by atoms with Gasteiger partial charge in [0.25, 0.3) is 0 Å². The highest BCUT2D eigenvalue weighted by Crippen LogP contribution is 2.43. The third-order valence-electron chi connectivity index (χ3n) is 5.15. The van der Waals surface area contributed by atoms with Crippen molar-refractivity contribution in [3.05, 3.63) is 128 Å². The minimum atomic E-state index is -1.29. The zero-order valence-corrected chi connectivity index (χ0v) is 19.1. The van der Waals surface area contributed by atoms with Gasteiger partial charge in [0, 0.05) is 14.5 Å². The summed E-state index contributed by atoms with van der Waals surface area (Å²) >= 11 is 7.13. The van der Waals surface area contributed by atoms with Crippen LogP contribution in [0, 0.1) is 6.92 Å². The molecule has 1 unspecified atom stereocenters. The number of aliphatic hydroxyl groups is 1. The van der Waals surface area contributed by atoms with Crippen LogP contribution in [0.3, 0.4) is 0 Å². The van der Waals surface area contributed by atoms with Gasteiger partial charge in [0.05, 0.1) is 0 Å². The van der Waals surface area contributed by atoms with Gasteiger partial charge in [-0.2, -0.15) is 0 Å². The minimum Gasteiger partial charge on any atom is -0.376 e. The zero-order valence-electron chi connectivity index (χ0n) is 15.9. The van der Waals surface area contributed by atoms with Gasteiger partial charge < -0.3 is 5.11 Å². The Kier molecular flexibility index (Phi) is 5.73. The maximum absolute atomic E-state index is 12.3. The van der Waals surface area contributed by atoms with Crippen LogP contribution in [-0.2, 0) is 5.60 Å². The van der Waals surface area contributed by atoms with Crippen LogP contribution in [0.2, 0.25) is 0 Å². The molecule has 0 heterocycles. The largest absolute Gasteiger partial charge is 0.376 e. The van der Waals surface area contributed by atoms with Crippen molar-refractivity contribution in [2.45, 2.75) is 12.5 Å². The maximum atomic E-state index is 12.3. The van der Waals surface area contributed by atoms with Crippen LogP contribution < -0.4 is 0 Å². The Morgan fingerprint density at radius 1 is 0.655 bits per heavy atom. The van der Waals surface area contributed by atoms with Crippen LogP contribution in [0.5, 0.6) is 0 Å². The SMILES string of the molecule is Cc1cccc(C(O)(c2ccccc2)c2cc(Br)ccc2-c2ccc(Br)cc2)c1. The minimum absolute atomic E-state index is 0.835. The first kappa shape index (κ1) is 20.1. The van der Waals surface area contributed by atoms with Gasteiger partial charge in [-0.15, -0.1) is 0 Å². The summed E-state index contributed by atoms with van der Waals surface area (Å²) in [7, 11) is 0. The Morgan fingerprint density at radius 2 is 1.31 bits per heavy atom. The molecule has 0 spiro atoms. The molecule has 0 bridgehead atoms. The van der Waals surface area contributed by atoms with Crippen molar-refractivity contribution in [1.82, 2.24) is 0 Å². The summed E-state index contributed by atoms with van der Waals surface area (Å²) in [4.78, 5) is 0. The van der Waals surface area contributed by atoms with Crippen LogP contribution in [0.1, 0.15) is 22.3 Å². The molecular weight excluding hydrogens is 488 g/mol. The lowest BCUT2D eigenvalue weighted by Crippen LogP contribution is -2.29. The van der Waals surface area contributed by atoms with E-state index in [1.807, 2.05) is 79.7 Å². The van der Waals surface area contributed by atoms with Crippen molar-refractivity contribution in [1.29, 1.82) is 0 Å². The molecule has 1 atom stereocenters. The molecule has 144 valence electrons. The van der Waals surface area contributed by atoms with Gasteiger partial charge in [0.2, 0.25) is 0 Å². The van der Waals surface area contributed by atoms with Crippen LogP contribution in [0.25, 0.3) is 11.1 Å². The van der Waals surface area contributed by atoms with Crippen molar-refractivity contribution in [3.63, 3.8) is 0 Å². The Bertz CT molecular complexity index is 1140. The second-order valence-corrected chi connectivity index (χ2v) is 8.97. The summed E-state index contributed by atoms with van der Waals surface area (Å²) in [5.74, 6) is 0. The molecule has 0 aliphatic heterocycles. The molecule has 4 rings (SSSR count). The number of halogens is 2. The molecule has 0 aromatic heterocycles. The van der Waals surface area contributed by atoms with Crippen molar-refractivity contribution in [3.8, 4) is 11.1 Å². The molecule has 29 heavy (non-hydrogen) atoms. The molecule has 0 saturated heterocycles. The molecule has 4 aromatic rings. The van der Waals surface area contributed by atoms with Crippen LogP contribution in [0.15, 0.2) is 106 Å². The molecule has 0 aliphatic carbocycles. The number of hydrogen-bond acceptors (Lipinski definition) is 1. The fraction of sp³-hybridized carbons (Fsp3) is 0.0769. The summed E-state index contributed by atoms with van der Waals surface area (Å²) in [6.45, 7) is 2.05. The van der Waals surface area contributed by atoms with Gasteiger partial charge in [-0.05, 0) is 53.4 Å². The maximum Gasteiger partial charge on any atom is 0.141 e. The average molecular weight is 508 g/mol. The van der Waals surface area contributed by atoms with Crippen molar-refractivity contribution in [2.75, 3.05) is 0 Å². The summed E-state index contributed by atoms with van der Waals surface area (Å²) < 4.78 is 1.95. The van der Waals surface area contributed by atoms with E-state index >= 15 is 0 Å². The second-order valence-electron chi connectivity index (χ2n) is 7.14. The first-order chi connectivity index (χ1) is 14.0. The van der Waals surface area contributed by atoms with E-state index in [0.29, 0.717) is 0 Å². The Morgan fingerprint density at radius 3 is 2.00 bits per heavy atom. The molecule has 0 radical (unpaired) electrons.